The number of hydrogen-bond donors (Lipinski definition) is 2. The normalized spacial score (nSPS) is 17.7. The Balaban J connectivity index is 1.41. The van der Waals surface area contributed by atoms with E-state index in [0.717, 1.165) is 47.5 Å². The Kier molecular flexibility index (Phi) is 6.30. The molecule has 1 saturated heterocycles. The average molecular weight is 455 g/mol. The van der Waals surface area contributed by atoms with E-state index in [4.69, 9.17) is 12.2 Å². The molecule has 0 amide bonds. The zero-order valence-corrected chi connectivity index (χ0v) is 19.0. The Morgan fingerprint density at radius 2 is 1.67 bits per heavy atom. The van der Waals surface area contributed by atoms with E-state index < -0.39 is 0 Å². The Hall–Kier alpha value is -3.71. The van der Waals surface area contributed by atoms with Gasteiger partial charge in [0.2, 0.25) is 0 Å². The van der Waals surface area contributed by atoms with E-state index in [-0.39, 0.29) is 12.1 Å². The lowest BCUT2D eigenvalue weighted by molar-refractivity contribution is 0.307. The monoisotopic (exact) mass is 454 g/mol. The van der Waals surface area contributed by atoms with Crippen LogP contribution in [0.2, 0.25) is 0 Å². The SMILES string of the molecule is S=C1N[C@H](c2ccccn2)[C@H](c2cccn2-c2ccccn2)N1CCCNc1ccccc1. The van der Waals surface area contributed by atoms with Gasteiger partial charge in [-0.25, -0.2) is 4.98 Å². The third-order valence-electron chi connectivity index (χ3n) is 5.86. The number of pyridine rings is 2. The van der Waals surface area contributed by atoms with Crippen molar-refractivity contribution in [2.45, 2.75) is 18.5 Å². The molecule has 3 aromatic heterocycles. The second-order valence-electron chi connectivity index (χ2n) is 7.96. The van der Waals surface area contributed by atoms with Gasteiger partial charge in [-0.2, -0.15) is 0 Å². The van der Waals surface area contributed by atoms with E-state index in [1.165, 1.54) is 0 Å². The molecule has 0 bridgehead atoms. The average Bonchev–Trinajstić information content (AvgIpc) is 3.48. The second-order valence-corrected chi connectivity index (χ2v) is 8.34. The molecule has 4 aromatic rings. The van der Waals surface area contributed by atoms with Crippen molar-refractivity contribution in [2.75, 3.05) is 18.4 Å². The fourth-order valence-electron chi connectivity index (χ4n) is 4.35. The van der Waals surface area contributed by atoms with Crippen molar-refractivity contribution < 1.29 is 0 Å². The Labute approximate surface area is 199 Å². The molecule has 1 aliphatic heterocycles. The first-order valence-corrected chi connectivity index (χ1v) is 11.6. The van der Waals surface area contributed by atoms with Crippen LogP contribution < -0.4 is 10.6 Å². The van der Waals surface area contributed by atoms with E-state index in [1.807, 2.05) is 60.9 Å². The standard InChI is InChI=1S/C26H26N6S/c33-26-30-24(21-12-4-6-15-28-21)25(22-13-8-18-31(22)23-14-5-7-16-29-23)32(26)19-9-17-27-20-10-2-1-3-11-20/h1-8,10-16,18,24-25,27H,9,17,19H2,(H,30,33)/t24-,25+/m1/s1. The van der Waals surface area contributed by atoms with Gasteiger partial charge in [-0.1, -0.05) is 30.3 Å². The van der Waals surface area contributed by atoms with Gasteiger partial charge in [0.05, 0.1) is 17.8 Å². The summed E-state index contributed by atoms with van der Waals surface area (Å²) in [6.45, 7) is 1.69. The molecule has 0 saturated carbocycles. The third kappa shape index (κ3) is 4.59. The molecule has 6 nitrogen and oxygen atoms in total. The maximum atomic E-state index is 5.81. The summed E-state index contributed by atoms with van der Waals surface area (Å²) in [4.78, 5) is 11.5. The van der Waals surface area contributed by atoms with Crippen LogP contribution in [0, 0.1) is 0 Å². The molecule has 2 N–H and O–H groups in total. The molecule has 1 fully saturated rings. The topological polar surface area (TPSA) is 58.0 Å². The maximum Gasteiger partial charge on any atom is 0.170 e. The largest absolute Gasteiger partial charge is 0.385 e. The summed E-state index contributed by atoms with van der Waals surface area (Å²) in [5.74, 6) is 0.890. The maximum absolute atomic E-state index is 5.81. The zero-order chi connectivity index (χ0) is 22.5. The van der Waals surface area contributed by atoms with Crippen molar-refractivity contribution in [3.8, 4) is 5.82 Å². The lowest BCUT2D eigenvalue weighted by Crippen LogP contribution is -2.32. The van der Waals surface area contributed by atoms with Crippen LogP contribution in [0.25, 0.3) is 5.82 Å². The fourth-order valence-corrected chi connectivity index (χ4v) is 4.68. The van der Waals surface area contributed by atoms with Crippen LogP contribution in [-0.4, -0.2) is 37.6 Å². The number of nitrogens with one attached hydrogen (secondary N) is 2. The van der Waals surface area contributed by atoms with Crippen LogP contribution in [0.3, 0.4) is 0 Å². The van der Waals surface area contributed by atoms with Crippen molar-refractivity contribution in [2.24, 2.45) is 0 Å². The summed E-state index contributed by atoms with van der Waals surface area (Å²) in [5, 5.41) is 7.79. The van der Waals surface area contributed by atoms with Gasteiger partial charge in [-0.05, 0) is 67.2 Å². The number of anilines is 1. The third-order valence-corrected chi connectivity index (χ3v) is 6.21. The van der Waals surface area contributed by atoms with Gasteiger partial charge in [0.25, 0.3) is 0 Å². The van der Waals surface area contributed by atoms with E-state index in [9.17, 15) is 0 Å². The molecule has 1 aliphatic rings. The minimum Gasteiger partial charge on any atom is -0.385 e. The van der Waals surface area contributed by atoms with E-state index in [2.05, 4.69) is 66.6 Å². The van der Waals surface area contributed by atoms with Gasteiger partial charge in [0, 0.05) is 43.1 Å². The van der Waals surface area contributed by atoms with Gasteiger partial charge in [0.15, 0.2) is 5.11 Å². The summed E-state index contributed by atoms with van der Waals surface area (Å²) in [7, 11) is 0. The second kappa shape index (κ2) is 9.83. The molecular weight excluding hydrogens is 428 g/mol. The minimum absolute atomic E-state index is 0.00105. The van der Waals surface area contributed by atoms with Crippen molar-refractivity contribution in [3.63, 3.8) is 0 Å². The van der Waals surface area contributed by atoms with Gasteiger partial charge in [0.1, 0.15) is 5.82 Å². The van der Waals surface area contributed by atoms with E-state index in [0.29, 0.717) is 0 Å². The number of benzene rings is 1. The zero-order valence-electron chi connectivity index (χ0n) is 18.2. The smallest absolute Gasteiger partial charge is 0.170 e. The summed E-state index contributed by atoms with van der Waals surface area (Å²) < 4.78 is 2.14. The molecule has 0 aliphatic carbocycles. The van der Waals surface area contributed by atoms with Crippen LogP contribution in [0.15, 0.2) is 97.5 Å². The van der Waals surface area contributed by atoms with Gasteiger partial charge < -0.3 is 20.1 Å². The molecule has 5 rings (SSSR count). The summed E-state index contributed by atoms with van der Waals surface area (Å²) in [6, 6.07) is 26.4. The van der Waals surface area contributed by atoms with Crippen LogP contribution in [0.4, 0.5) is 5.69 Å². The van der Waals surface area contributed by atoms with Crippen LogP contribution in [-0.2, 0) is 0 Å². The number of nitrogens with zero attached hydrogens (tertiary/aromatic N) is 4. The molecule has 1 aromatic carbocycles. The van der Waals surface area contributed by atoms with Crippen LogP contribution >= 0.6 is 12.2 Å². The van der Waals surface area contributed by atoms with Crippen molar-refractivity contribution in [1.82, 2.24) is 24.8 Å². The van der Waals surface area contributed by atoms with Crippen LogP contribution in [0.1, 0.15) is 29.9 Å². The highest BCUT2D eigenvalue weighted by atomic mass is 32.1. The molecule has 0 unspecified atom stereocenters. The quantitative estimate of drug-likeness (QED) is 0.296. The summed E-state index contributed by atoms with van der Waals surface area (Å²) in [5.41, 5.74) is 3.24. The Morgan fingerprint density at radius 3 is 2.42 bits per heavy atom. The van der Waals surface area contributed by atoms with Crippen molar-refractivity contribution in [1.29, 1.82) is 0 Å². The fraction of sp³-hybridized carbons (Fsp3) is 0.192. The molecular formula is C26H26N6S. The number of rotatable bonds is 8. The highest BCUT2D eigenvalue weighted by Crippen LogP contribution is 2.39. The lowest BCUT2D eigenvalue weighted by Gasteiger charge is -2.28. The number of para-hydroxylation sites is 1. The Morgan fingerprint density at radius 1 is 0.879 bits per heavy atom. The molecule has 0 spiro atoms. The predicted octanol–water partition coefficient (Wildman–Crippen LogP) is 4.74. The molecule has 33 heavy (non-hydrogen) atoms. The number of thiocarbonyl (C=S) groups is 1. The highest BCUT2D eigenvalue weighted by Gasteiger charge is 2.41. The molecule has 0 radical (unpaired) electrons. The van der Waals surface area contributed by atoms with Crippen molar-refractivity contribution >= 4 is 23.0 Å². The first-order chi connectivity index (χ1) is 16.3. The first-order valence-electron chi connectivity index (χ1n) is 11.2. The van der Waals surface area contributed by atoms with Crippen LogP contribution in [0.5, 0.6) is 0 Å². The molecule has 2 atom stereocenters. The summed E-state index contributed by atoms with van der Waals surface area (Å²) in [6.07, 6.45) is 6.66. The van der Waals surface area contributed by atoms with E-state index in [1.54, 1.807) is 0 Å². The summed E-state index contributed by atoms with van der Waals surface area (Å²) >= 11 is 5.81. The molecule has 4 heterocycles. The van der Waals surface area contributed by atoms with Crippen molar-refractivity contribution in [3.05, 3.63) is 109 Å². The predicted molar refractivity (Wildman–Crippen MR) is 135 cm³/mol. The molecule has 7 heteroatoms. The van der Waals surface area contributed by atoms with Gasteiger partial charge in [-0.3, -0.25) is 4.98 Å². The lowest BCUT2D eigenvalue weighted by atomic mass is 10.0. The Bertz CT molecular complexity index is 1180. The number of hydrogen-bond acceptors (Lipinski definition) is 4. The first kappa shape index (κ1) is 21.2. The minimum atomic E-state index is -0.0434. The van der Waals surface area contributed by atoms with E-state index >= 15 is 0 Å². The van der Waals surface area contributed by atoms with Gasteiger partial charge >= 0.3 is 0 Å². The van der Waals surface area contributed by atoms with Gasteiger partial charge in [-0.15, -0.1) is 0 Å². The molecule has 166 valence electrons. The highest BCUT2D eigenvalue weighted by molar-refractivity contribution is 7.80. The number of aromatic nitrogens is 3.